The molecule has 188 valence electrons. The van der Waals surface area contributed by atoms with E-state index in [0.717, 1.165) is 38.5 Å². The molecule has 1 amide bonds. The largest absolute Gasteiger partial charge is 0.375 e. The number of halogens is 1. The molecule has 2 N–H and O–H groups in total. The Hall–Kier alpha value is -3.53. The summed E-state index contributed by atoms with van der Waals surface area (Å²) in [5.41, 5.74) is 5.59. The minimum absolute atomic E-state index is 0.00173. The molecule has 0 spiro atoms. The Morgan fingerprint density at radius 3 is 2.70 bits per heavy atom. The van der Waals surface area contributed by atoms with Crippen molar-refractivity contribution in [3.05, 3.63) is 107 Å². The highest BCUT2D eigenvalue weighted by molar-refractivity contribution is 9.10. The Labute approximate surface area is 229 Å². The van der Waals surface area contributed by atoms with Crippen LogP contribution in [-0.2, 0) is 9.53 Å². The van der Waals surface area contributed by atoms with Gasteiger partial charge in [-0.1, -0.05) is 28.1 Å². The van der Waals surface area contributed by atoms with Crippen molar-refractivity contribution < 1.29 is 9.53 Å². The Balaban J connectivity index is 1.59. The number of hydrogen-bond donors (Lipinski definition) is 2. The number of aromatic nitrogens is 2. The first-order valence-electron chi connectivity index (χ1n) is 11.8. The van der Waals surface area contributed by atoms with Crippen LogP contribution in [0.3, 0.4) is 0 Å². The molecule has 1 aliphatic rings. The number of methoxy groups -OCH3 is 1. The third-order valence-electron chi connectivity index (χ3n) is 6.31. The summed E-state index contributed by atoms with van der Waals surface area (Å²) in [6.07, 6.45) is 3.86. The summed E-state index contributed by atoms with van der Waals surface area (Å²) in [4.78, 5) is 18.9. The van der Waals surface area contributed by atoms with Crippen LogP contribution in [0.4, 0.5) is 11.4 Å². The van der Waals surface area contributed by atoms with Crippen molar-refractivity contribution in [1.29, 1.82) is 0 Å². The second-order valence-corrected chi connectivity index (χ2v) is 10.1. The SMILES string of the molecule is COCC(=O)Nc1ccc(N2C(=S)NC(c3ccccn3)C2c2cccn2-c2cccc(Br)c2)cc1C. The number of carbonyl (C=O) groups excluding carboxylic acids is 1. The van der Waals surface area contributed by atoms with Crippen LogP contribution in [0, 0.1) is 6.92 Å². The molecule has 1 fully saturated rings. The van der Waals surface area contributed by atoms with E-state index in [0.29, 0.717) is 5.11 Å². The first kappa shape index (κ1) is 25.1. The zero-order valence-corrected chi connectivity index (χ0v) is 22.8. The average molecular weight is 577 g/mol. The van der Waals surface area contributed by atoms with Crippen molar-refractivity contribution in [3.63, 3.8) is 0 Å². The minimum atomic E-state index is -0.198. The number of thiocarbonyl (C=S) groups is 1. The van der Waals surface area contributed by atoms with Gasteiger partial charge in [0, 0.05) is 46.7 Å². The lowest BCUT2D eigenvalue weighted by molar-refractivity contribution is -0.119. The number of pyridine rings is 1. The van der Waals surface area contributed by atoms with Crippen LogP contribution < -0.4 is 15.5 Å². The highest BCUT2D eigenvalue weighted by atomic mass is 79.9. The maximum atomic E-state index is 12.1. The van der Waals surface area contributed by atoms with Crippen molar-refractivity contribution in [2.75, 3.05) is 23.9 Å². The lowest BCUT2D eigenvalue weighted by Crippen LogP contribution is -2.30. The maximum absolute atomic E-state index is 12.1. The van der Waals surface area contributed by atoms with Crippen LogP contribution in [0.2, 0.25) is 0 Å². The van der Waals surface area contributed by atoms with Gasteiger partial charge in [0.1, 0.15) is 12.6 Å². The number of benzene rings is 2. The Morgan fingerprint density at radius 1 is 1.11 bits per heavy atom. The van der Waals surface area contributed by atoms with Gasteiger partial charge in [-0.25, -0.2) is 0 Å². The van der Waals surface area contributed by atoms with Gasteiger partial charge in [-0.3, -0.25) is 9.78 Å². The normalized spacial score (nSPS) is 17.1. The zero-order chi connectivity index (χ0) is 25.9. The summed E-state index contributed by atoms with van der Waals surface area (Å²) in [5.74, 6) is -0.198. The Bertz CT molecular complexity index is 1440. The van der Waals surface area contributed by atoms with E-state index in [9.17, 15) is 4.79 Å². The van der Waals surface area contributed by atoms with Crippen LogP contribution in [0.25, 0.3) is 5.69 Å². The van der Waals surface area contributed by atoms with Crippen LogP contribution in [0.1, 0.15) is 29.0 Å². The second-order valence-electron chi connectivity index (χ2n) is 8.76. The molecule has 2 aromatic carbocycles. The third kappa shape index (κ3) is 5.16. The molecule has 1 aliphatic heterocycles. The molecule has 37 heavy (non-hydrogen) atoms. The lowest BCUT2D eigenvalue weighted by Gasteiger charge is -2.29. The topological polar surface area (TPSA) is 71.4 Å². The van der Waals surface area contributed by atoms with Gasteiger partial charge in [0.05, 0.1) is 11.7 Å². The van der Waals surface area contributed by atoms with Gasteiger partial charge < -0.3 is 24.8 Å². The molecule has 0 bridgehead atoms. The van der Waals surface area contributed by atoms with E-state index < -0.39 is 0 Å². The highest BCUT2D eigenvalue weighted by Gasteiger charge is 2.42. The molecule has 9 heteroatoms. The van der Waals surface area contributed by atoms with E-state index in [1.165, 1.54) is 7.11 Å². The number of nitrogens with zero attached hydrogens (tertiary/aromatic N) is 3. The lowest BCUT2D eigenvalue weighted by atomic mass is 10.00. The van der Waals surface area contributed by atoms with Gasteiger partial charge in [-0.2, -0.15) is 0 Å². The summed E-state index contributed by atoms with van der Waals surface area (Å²) >= 11 is 9.50. The van der Waals surface area contributed by atoms with Crippen LogP contribution in [0.5, 0.6) is 0 Å². The van der Waals surface area contributed by atoms with E-state index in [1.54, 1.807) is 6.20 Å². The van der Waals surface area contributed by atoms with E-state index in [2.05, 4.69) is 65.4 Å². The molecular formula is C28H26BrN5O2S. The van der Waals surface area contributed by atoms with Gasteiger partial charge in [0.15, 0.2) is 5.11 Å². The van der Waals surface area contributed by atoms with Gasteiger partial charge in [0.2, 0.25) is 5.91 Å². The van der Waals surface area contributed by atoms with E-state index in [4.69, 9.17) is 17.0 Å². The summed E-state index contributed by atoms with van der Waals surface area (Å²) in [6, 6.07) is 23.9. The minimum Gasteiger partial charge on any atom is -0.375 e. The molecule has 0 saturated carbocycles. The Morgan fingerprint density at radius 2 is 1.97 bits per heavy atom. The van der Waals surface area contributed by atoms with Gasteiger partial charge in [-0.05, 0) is 85.4 Å². The van der Waals surface area contributed by atoms with E-state index in [1.807, 2.05) is 61.5 Å². The molecule has 2 aromatic heterocycles. The first-order chi connectivity index (χ1) is 18.0. The van der Waals surface area contributed by atoms with Crippen molar-refractivity contribution in [1.82, 2.24) is 14.9 Å². The Kier molecular flexibility index (Phi) is 7.36. The predicted molar refractivity (Wildman–Crippen MR) is 153 cm³/mol. The van der Waals surface area contributed by atoms with Gasteiger partial charge >= 0.3 is 0 Å². The summed E-state index contributed by atoms with van der Waals surface area (Å²) in [7, 11) is 1.50. The van der Waals surface area contributed by atoms with E-state index in [-0.39, 0.29) is 24.6 Å². The summed E-state index contributed by atoms with van der Waals surface area (Å²) in [5, 5.41) is 7.03. The van der Waals surface area contributed by atoms with E-state index >= 15 is 0 Å². The molecule has 2 unspecified atom stereocenters. The number of aryl methyl sites for hydroxylation is 1. The number of carbonyl (C=O) groups is 1. The smallest absolute Gasteiger partial charge is 0.250 e. The fraction of sp³-hybridized carbons (Fsp3) is 0.179. The highest BCUT2D eigenvalue weighted by Crippen LogP contribution is 2.43. The van der Waals surface area contributed by atoms with Crippen molar-refractivity contribution in [2.24, 2.45) is 0 Å². The van der Waals surface area contributed by atoms with Crippen molar-refractivity contribution in [2.45, 2.75) is 19.0 Å². The molecule has 3 heterocycles. The van der Waals surface area contributed by atoms with Crippen molar-refractivity contribution in [3.8, 4) is 5.69 Å². The quantitative estimate of drug-likeness (QED) is 0.275. The molecule has 4 aromatic rings. The number of ether oxygens (including phenoxy) is 1. The molecule has 0 radical (unpaired) electrons. The number of anilines is 2. The first-order valence-corrected chi connectivity index (χ1v) is 13.0. The van der Waals surface area contributed by atoms with Crippen LogP contribution >= 0.6 is 28.1 Å². The van der Waals surface area contributed by atoms with Gasteiger partial charge in [-0.15, -0.1) is 0 Å². The monoisotopic (exact) mass is 575 g/mol. The fourth-order valence-corrected chi connectivity index (χ4v) is 5.42. The summed E-state index contributed by atoms with van der Waals surface area (Å²) < 4.78 is 8.13. The van der Waals surface area contributed by atoms with Crippen LogP contribution in [-0.4, -0.2) is 34.3 Å². The molecular weight excluding hydrogens is 550 g/mol. The van der Waals surface area contributed by atoms with Gasteiger partial charge in [0.25, 0.3) is 0 Å². The molecule has 1 saturated heterocycles. The standard InChI is InChI=1S/C28H26BrN5O2S/c1-18-15-21(11-12-22(18)31-25(35)17-36-2)34-27(26(32-28(34)37)23-9-3-4-13-30-23)24-10-6-14-33(24)20-8-5-7-19(29)16-20/h3-16,26-27H,17H2,1-2H3,(H,31,35)(H,32,37). The molecule has 0 aliphatic carbocycles. The number of amides is 1. The zero-order valence-electron chi connectivity index (χ0n) is 20.4. The number of rotatable bonds is 7. The second kappa shape index (κ2) is 10.8. The molecule has 5 rings (SSSR count). The third-order valence-corrected chi connectivity index (χ3v) is 7.11. The van der Waals surface area contributed by atoms with Crippen molar-refractivity contribution >= 4 is 50.5 Å². The predicted octanol–water partition coefficient (Wildman–Crippen LogP) is 5.71. The number of nitrogens with one attached hydrogen (secondary N) is 2. The molecule has 2 atom stereocenters. The molecule has 7 nitrogen and oxygen atoms in total. The van der Waals surface area contributed by atoms with Crippen LogP contribution in [0.15, 0.2) is 89.7 Å². The fourth-order valence-electron chi connectivity index (χ4n) is 4.68. The number of hydrogen-bond acceptors (Lipinski definition) is 4. The average Bonchev–Trinajstić information content (AvgIpc) is 3.50. The summed E-state index contributed by atoms with van der Waals surface area (Å²) in [6.45, 7) is 1.97. The maximum Gasteiger partial charge on any atom is 0.250 e.